The van der Waals surface area contributed by atoms with E-state index >= 15 is 0 Å². The molecule has 2 aromatic rings. The van der Waals surface area contributed by atoms with Crippen LogP contribution in [0.1, 0.15) is 30.9 Å². The first-order valence-electron chi connectivity index (χ1n) is 6.27. The summed E-state index contributed by atoms with van der Waals surface area (Å²) in [6.45, 7) is 4.35. The smallest absolute Gasteiger partial charge is 0.141 e. The molecule has 1 N–H and O–H groups in total. The topological polar surface area (TPSA) is 29.5 Å². The van der Waals surface area contributed by atoms with E-state index in [1.807, 2.05) is 30.3 Å². The largest absolute Gasteiger partial charge is 0.456 e. The van der Waals surface area contributed by atoms with E-state index in [2.05, 4.69) is 41.9 Å². The van der Waals surface area contributed by atoms with Gasteiger partial charge in [0.15, 0.2) is 0 Å². The summed E-state index contributed by atoms with van der Waals surface area (Å²) in [6, 6.07) is 13.7. The van der Waals surface area contributed by atoms with Crippen molar-refractivity contribution in [2.45, 2.75) is 26.4 Å². The molecule has 0 radical (unpaired) electrons. The molecule has 0 amide bonds. The van der Waals surface area contributed by atoms with Crippen molar-refractivity contribution in [3.8, 4) is 11.5 Å². The Balaban J connectivity index is 2.23. The molecule has 3 heteroatoms. The third kappa shape index (κ3) is 3.58. The monoisotopic (exact) mass is 320 g/mol. The maximum absolute atomic E-state index is 9.08. The Morgan fingerprint density at radius 3 is 2.58 bits per heavy atom. The molecule has 0 heterocycles. The third-order valence-corrected chi connectivity index (χ3v) is 3.55. The van der Waals surface area contributed by atoms with E-state index in [4.69, 9.17) is 9.84 Å². The van der Waals surface area contributed by atoms with E-state index in [1.165, 1.54) is 5.56 Å². The van der Waals surface area contributed by atoms with Crippen LogP contribution in [0, 0.1) is 0 Å². The van der Waals surface area contributed by atoms with E-state index in [1.54, 1.807) is 0 Å². The molecule has 0 spiro atoms. The fourth-order valence-electron chi connectivity index (χ4n) is 1.79. The summed E-state index contributed by atoms with van der Waals surface area (Å²) >= 11 is 3.46. The summed E-state index contributed by atoms with van der Waals surface area (Å²) in [5.41, 5.74) is 2.11. The fourth-order valence-corrected chi connectivity index (χ4v) is 2.30. The summed E-state index contributed by atoms with van der Waals surface area (Å²) in [5, 5.41) is 9.08. The minimum Gasteiger partial charge on any atom is -0.456 e. The summed E-state index contributed by atoms with van der Waals surface area (Å²) in [4.78, 5) is 0. The first-order chi connectivity index (χ1) is 9.10. The van der Waals surface area contributed by atoms with Crippen molar-refractivity contribution < 1.29 is 9.84 Å². The van der Waals surface area contributed by atoms with Crippen LogP contribution in [0.15, 0.2) is 46.9 Å². The molecule has 0 saturated carbocycles. The lowest BCUT2D eigenvalue weighted by Gasteiger charge is -2.11. The minimum atomic E-state index is 0.0295. The van der Waals surface area contributed by atoms with Gasteiger partial charge in [-0.25, -0.2) is 0 Å². The van der Waals surface area contributed by atoms with Gasteiger partial charge in [-0.3, -0.25) is 0 Å². The van der Waals surface area contributed by atoms with Gasteiger partial charge in [0.05, 0.1) is 11.1 Å². The molecule has 0 saturated heterocycles. The zero-order valence-corrected chi connectivity index (χ0v) is 12.6. The van der Waals surface area contributed by atoms with Gasteiger partial charge in [0.25, 0.3) is 0 Å². The standard InChI is InChI=1S/C16H17BrO2/c1-11(2)13-4-3-5-14(9-13)19-16-7-6-12(10-18)8-15(16)17/h3-9,11,18H,10H2,1-2H3. The molecule has 100 valence electrons. The number of rotatable bonds is 4. The van der Waals surface area contributed by atoms with Crippen LogP contribution >= 0.6 is 15.9 Å². The number of aliphatic hydroxyl groups is 1. The zero-order chi connectivity index (χ0) is 13.8. The molecule has 2 aromatic carbocycles. The molecule has 2 rings (SSSR count). The number of aliphatic hydroxyl groups excluding tert-OH is 1. The predicted octanol–water partition coefficient (Wildman–Crippen LogP) is 4.86. The van der Waals surface area contributed by atoms with Gasteiger partial charge in [-0.1, -0.05) is 32.0 Å². The van der Waals surface area contributed by atoms with Crippen molar-refractivity contribution in [2.24, 2.45) is 0 Å². The van der Waals surface area contributed by atoms with E-state index in [0.29, 0.717) is 5.92 Å². The van der Waals surface area contributed by atoms with Crippen molar-refractivity contribution >= 4 is 15.9 Å². The quantitative estimate of drug-likeness (QED) is 0.871. The van der Waals surface area contributed by atoms with Crippen LogP contribution in [-0.4, -0.2) is 5.11 Å². The molecule has 0 aliphatic heterocycles. The maximum atomic E-state index is 9.08. The van der Waals surface area contributed by atoms with Crippen molar-refractivity contribution in [1.29, 1.82) is 0 Å². The molecule has 19 heavy (non-hydrogen) atoms. The summed E-state index contributed by atoms with van der Waals surface area (Å²) < 4.78 is 6.71. The summed E-state index contributed by atoms with van der Waals surface area (Å²) in [7, 11) is 0. The molecule has 0 fully saturated rings. The predicted molar refractivity (Wildman–Crippen MR) is 80.7 cm³/mol. The van der Waals surface area contributed by atoms with E-state index in [-0.39, 0.29) is 6.61 Å². The Kier molecular flexibility index (Phi) is 4.61. The van der Waals surface area contributed by atoms with Gasteiger partial charge in [-0.15, -0.1) is 0 Å². The number of hydrogen-bond donors (Lipinski definition) is 1. The molecule has 0 aliphatic rings. The number of hydrogen-bond acceptors (Lipinski definition) is 2. The second-order valence-electron chi connectivity index (χ2n) is 4.75. The average molecular weight is 321 g/mol. The highest BCUT2D eigenvalue weighted by molar-refractivity contribution is 9.10. The van der Waals surface area contributed by atoms with E-state index in [0.717, 1.165) is 21.5 Å². The first kappa shape index (κ1) is 14.1. The molecule has 0 aromatic heterocycles. The van der Waals surface area contributed by atoms with Crippen LogP contribution in [0.3, 0.4) is 0 Å². The van der Waals surface area contributed by atoms with Crippen LogP contribution in [0.2, 0.25) is 0 Å². The average Bonchev–Trinajstić information content (AvgIpc) is 2.41. The maximum Gasteiger partial charge on any atom is 0.141 e. The number of halogens is 1. The molecule has 0 atom stereocenters. The van der Waals surface area contributed by atoms with Crippen LogP contribution in [0.25, 0.3) is 0 Å². The highest BCUT2D eigenvalue weighted by Crippen LogP contribution is 2.31. The van der Waals surface area contributed by atoms with Crippen LogP contribution < -0.4 is 4.74 Å². The van der Waals surface area contributed by atoms with Gasteiger partial charge in [0.1, 0.15) is 11.5 Å². The van der Waals surface area contributed by atoms with Gasteiger partial charge in [0.2, 0.25) is 0 Å². The molecule has 0 bridgehead atoms. The first-order valence-corrected chi connectivity index (χ1v) is 7.06. The van der Waals surface area contributed by atoms with Crippen molar-refractivity contribution in [2.75, 3.05) is 0 Å². The van der Waals surface area contributed by atoms with Crippen LogP contribution in [0.5, 0.6) is 11.5 Å². The molecule has 0 aliphatic carbocycles. The van der Waals surface area contributed by atoms with Crippen molar-refractivity contribution in [3.63, 3.8) is 0 Å². The Hall–Kier alpha value is -1.32. The zero-order valence-electron chi connectivity index (χ0n) is 11.1. The molecule has 2 nitrogen and oxygen atoms in total. The van der Waals surface area contributed by atoms with Gasteiger partial charge < -0.3 is 9.84 Å². The third-order valence-electron chi connectivity index (χ3n) is 2.93. The van der Waals surface area contributed by atoms with E-state index in [9.17, 15) is 0 Å². The normalized spacial score (nSPS) is 10.8. The van der Waals surface area contributed by atoms with E-state index < -0.39 is 0 Å². The van der Waals surface area contributed by atoms with Crippen molar-refractivity contribution in [3.05, 3.63) is 58.1 Å². The summed E-state index contributed by atoms with van der Waals surface area (Å²) in [5.74, 6) is 2.05. The second kappa shape index (κ2) is 6.22. The summed E-state index contributed by atoms with van der Waals surface area (Å²) in [6.07, 6.45) is 0. The second-order valence-corrected chi connectivity index (χ2v) is 5.61. The lowest BCUT2D eigenvalue weighted by molar-refractivity contribution is 0.281. The van der Waals surface area contributed by atoms with Crippen LogP contribution in [0.4, 0.5) is 0 Å². The molecular weight excluding hydrogens is 304 g/mol. The highest BCUT2D eigenvalue weighted by Gasteiger charge is 2.06. The lowest BCUT2D eigenvalue weighted by atomic mass is 10.0. The highest BCUT2D eigenvalue weighted by atomic mass is 79.9. The molecular formula is C16H17BrO2. The van der Waals surface area contributed by atoms with Gasteiger partial charge in [-0.2, -0.15) is 0 Å². The van der Waals surface area contributed by atoms with Gasteiger partial charge in [0, 0.05) is 0 Å². The molecule has 0 unspecified atom stereocenters. The van der Waals surface area contributed by atoms with Gasteiger partial charge in [-0.05, 0) is 57.2 Å². The Morgan fingerprint density at radius 2 is 1.95 bits per heavy atom. The number of ether oxygens (including phenoxy) is 1. The minimum absolute atomic E-state index is 0.0295. The Morgan fingerprint density at radius 1 is 1.16 bits per heavy atom. The number of benzene rings is 2. The lowest BCUT2D eigenvalue weighted by Crippen LogP contribution is -1.91. The SMILES string of the molecule is CC(C)c1cccc(Oc2ccc(CO)cc2Br)c1. The fraction of sp³-hybridized carbons (Fsp3) is 0.250. The Bertz CT molecular complexity index is 564. The Labute approximate surface area is 122 Å². The van der Waals surface area contributed by atoms with Crippen LogP contribution in [-0.2, 0) is 6.61 Å². The van der Waals surface area contributed by atoms with Gasteiger partial charge >= 0.3 is 0 Å². The van der Waals surface area contributed by atoms with Crippen molar-refractivity contribution in [1.82, 2.24) is 0 Å².